The quantitative estimate of drug-likeness (QED) is 0.842. The molecule has 2 heteroatoms. The van der Waals surface area contributed by atoms with Gasteiger partial charge in [-0.25, -0.2) is 0 Å². The van der Waals surface area contributed by atoms with E-state index >= 15 is 0 Å². The van der Waals surface area contributed by atoms with E-state index in [1.807, 2.05) is 0 Å². The zero-order valence-corrected chi connectivity index (χ0v) is 10.3. The zero-order chi connectivity index (χ0) is 11.5. The minimum atomic E-state index is 0.640. The molecular formula is C14H22N2. The molecule has 0 bridgehead atoms. The van der Waals surface area contributed by atoms with Crippen molar-refractivity contribution in [2.75, 3.05) is 20.1 Å². The standard InChI is InChI=1S/C14H22N2/c1-11(14-7-8-16(2)10-14)13-5-3-12(9-15)4-6-13/h3-6,11,14H,7-10,15H2,1-2H3. The van der Waals surface area contributed by atoms with Gasteiger partial charge in [-0.05, 0) is 43.0 Å². The van der Waals surface area contributed by atoms with Crippen molar-refractivity contribution in [1.82, 2.24) is 4.90 Å². The topological polar surface area (TPSA) is 29.3 Å². The highest BCUT2D eigenvalue weighted by Gasteiger charge is 2.25. The van der Waals surface area contributed by atoms with E-state index in [1.54, 1.807) is 0 Å². The Hall–Kier alpha value is -0.860. The predicted molar refractivity (Wildman–Crippen MR) is 68.4 cm³/mol. The van der Waals surface area contributed by atoms with Crippen molar-refractivity contribution in [3.05, 3.63) is 35.4 Å². The van der Waals surface area contributed by atoms with E-state index in [0.29, 0.717) is 12.5 Å². The van der Waals surface area contributed by atoms with E-state index in [4.69, 9.17) is 5.73 Å². The van der Waals surface area contributed by atoms with Crippen LogP contribution in [0.2, 0.25) is 0 Å². The van der Waals surface area contributed by atoms with Crippen LogP contribution in [0, 0.1) is 5.92 Å². The summed E-state index contributed by atoms with van der Waals surface area (Å²) in [7, 11) is 2.21. The van der Waals surface area contributed by atoms with Crippen molar-refractivity contribution in [1.29, 1.82) is 0 Å². The van der Waals surface area contributed by atoms with Crippen LogP contribution >= 0.6 is 0 Å². The molecule has 2 nitrogen and oxygen atoms in total. The number of hydrogen-bond acceptors (Lipinski definition) is 2. The molecule has 88 valence electrons. The van der Waals surface area contributed by atoms with Crippen LogP contribution in [-0.2, 0) is 6.54 Å². The van der Waals surface area contributed by atoms with Crippen LogP contribution in [0.1, 0.15) is 30.4 Å². The molecule has 2 rings (SSSR count). The first-order valence-electron chi connectivity index (χ1n) is 6.18. The van der Waals surface area contributed by atoms with Crippen LogP contribution in [0.15, 0.2) is 24.3 Å². The number of nitrogens with zero attached hydrogens (tertiary/aromatic N) is 1. The third-order valence-corrected chi connectivity index (χ3v) is 3.88. The second-order valence-electron chi connectivity index (χ2n) is 5.05. The number of rotatable bonds is 3. The molecule has 1 heterocycles. The molecule has 0 amide bonds. The summed E-state index contributed by atoms with van der Waals surface area (Å²) < 4.78 is 0. The van der Waals surface area contributed by atoms with Gasteiger partial charge in [0.2, 0.25) is 0 Å². The fourth-order valence-electron chi connectivity index (χ4n) is 2.61. The molecule has 0 spiro atoms. The van der Waals surface area contributed by atoms with E-state index in [9.17, 15) is 0 Å². The Kier molecular flexibility index (Phi) is 3.62. The molecule has 0 aliphatic carbocycles. The molecule has 1 aromatic carbocycles. The highest BCUT2D eigenvalue weighted by atomic mass is 15.1. The van der Waals surface area contributed by atoms with Crippen molar-refractivity contribution < 1.29 is 0 Å². The molecule has 1 aliphatic rings. The van der Waals surface area contributed by atoms with Crippen LogP contribution in [0.3, 0.4) is 0 Å². The molecule has 0 saturated carbocycles. The van der Waals surface area contributed by atoms with Gasteiger partial charge in [-0.3, -0.25) is 0 Å². The highest BCUT2D eigenvalue weighted by molar-refractivity contribution is 5.25. The van der Waals surface area contributed by atoms with Crippen molar-refractivity contribution in [2.24, 2.45) is 11.7 Å². The van der Waals surface area contributed by atoms with Crippen LogP contribution in [-0.4, -0.2) is 25.0 Å². The molecule has 1 saturated heterocycles. The van der Waals surface area contributed by atoms with Gasteiger partial charge in [-0.15, -0.1) is 0 Å². The molecule has 1 fully saturated rings. The maximum absolute atomic E-state index is 5.61. The smallest absolute Gasteiger partial charge is 0.0178 e. The number of hydrogen-bond donors (Lipinski definition) is 1. The van der Waals surface area contributed by atoms with E-state index in [0.717, 1.165) is 5.92 Å². The lowest BCUT2D eigenvalue weighted by atomic mass is 9.87. The molecule has 2 atom stereocenters. The first-order chi connectivity index (χ1) is 7.70. The lowest BCUT2D eigenvalue weighted by molar-refractivity contribution is 0.377. The lowest BCUT2D eigenvalue weighted by Gasteiger charge is -2.19. The fourth-order valence-corrected chi connectivity index (χ4v) is 2.61. The molecular weight excluding hydrogens is 196 g/mol. The van der Waals surface area contributed by atoms with E-state index in [-0.39, 0.29) is 0 Å². The minimum absolute atomic E-state index is 0.640. The largest absolute Gasteiger partial charge is 0.326 e. The zero-order valence-electron chi connectivity index (χ0n) is 10.3. The van der Waals surface area contributed by atoms with E-state index < -0.39 is 0 Å². The Morgan fingerprint density at radius 2 is 2.06 bits per heavy atom. The summed E-state index contributed by atoms with van der Waals surface area (Å²) in [5.41, 5.74) is 8.29. The normalized spacial score (nSPS) is 23.6. The third kappa shape index (κ3) is 2.45. The maximum Gasteiger partial charge on any atom is 0.0178 e. The monoisotopic (exact) mass is 218 g/mol. The first-order valence-corrected chi connectivity index (χ1v) is 6.18. The summed E-state index contributed by atoms with van der Waals surface area (Å²) in [6.45, 7) is 5.47. The molecule has 0 aromatic heterocycles. The van der Waals surface area contributed by atoms with Crippen LogP contribution in [0.4, 0.5) is 0 Å². The van der Waals surface area contributed by atoms with Crippen LogP contribution in [0.25, 0.3) is 0 Å². The van der Waals surface area contributed by atoms with Gasteiger partial charge in [0.05, 0.1) is 0 Å². The lowest BCUT2D eigenvalue weighted by Crippen LogP contribution is -2.17. The highest BCUT2D eigenvalue weighted by Crippen LogP contribution is 2.31. The summed E-state index contributed by atoms with van der Waals surface area (Å²) in [6.07, 6.45) is 1.33. The van der Waals surface area contributed by atoms with E-state index in [2.05, 4.69) is 43.1 Å². The third-order valence-electron chi connectivity index (χ3n) is 3.88. The first kappa shape index (κ1) is 11.6. The van der Waals surface area contributed by atoms with Crippen molar-refractivity contribution in [3.63, 3.8) is 0 Å². The molecule has 1 aromatic rings. The Bertz CT molecular complexity index is 331. The second-order valence-corrected chi connectivity index (χ2v) is 5.05. The average Bonchev–Trinajstić information content (AvgIpc) is 2.75. The minimum Gasteiger partial charge on any atom is -0.326 e. The van der Waals surface area contributed by atoms with Crippen LogP contribution in [0.5, 0.6) is 0 Å². The van der Waals surface area contributed by atoms with Gasteiger partial charge in [-0.1, -0.05) is 31.2 Å². The van der Waals surface area contributed by atoms with Gasteiger partial charge in [-0.2, -0.15) is 0 Å². The Labute approximate surface area is 98.4 Å². The number of nitrogens with two attached hydrogens (primary N) is 1. The Morgan fingerprint density at radius 3 is 2.56 bits per heavy atom. The van der Waals surface area contributed by atoms with Gasteiger partial charge >= 0.3 is 0 Å². The summed E-state index contributed by atoms with van der Waals surface area (Å²) in [5, 5.41) is 0. The van der Waals surface area contributed by atoms with Gasteiger partial charge in [0.1, 0.15) is 0 Å². The molecule has 0 radical (unpaired) electrons. The van der Waals surface area contributed by atoms with Crippen molar-refractivity contribution in [2.45, 2.75) is 25.8 Å². The molecule has 2 unspecified atom stereocenters. The SMILES string of the molecule is CC(c1ccc(CN)cc1)C1CCN(C)C1. The molecule has 2 N–H and O–H groups in total. The maximum atomic E-state index is 5.61. The van der Waals surface area contributed by atoms with Crippen LogP contribution < -0.4 is 5.73 Å². The summed E-state index contributed by atoms with van der Waals surface area (Å²) >= 11 is 0. The van der Waals surface area contributed by atoms with Gasteiger partial charge in [0.25, 0.3) is 0 Å². The number of likely N-dealkylation sites (tertiary alicyclic amines) is 1. The molecule has 1 aliphatic heterocycles. The van der Waals surface area contributed by atoms with E-state index in [1.165, 1.54) is 30.6 Å². The summed E-state index contributed by atoms with van der Waals surface area (Å²) in [5.74, 6) is 1.48. The second kappa shape index (κ2) is 4.98. The predicted octanol–water partition coefficient (Wildman–Crippen LogP) is 2.20. The van der Waals surface area contributed by atoms with Gasteiger partial charge in [0, 0.05) is 13.1 Å². The summed E-state index contributed by atoms with van der Waals surface area (Å²) in [6, 6.07) is 8.80. The average molecular weight is 218 g/mol. The number of benzene rings is 1. The van der Waals surface area contributed by atoms with Crippen molar-refractivity contribution >= 4 is 0 Å². The van der Waals surface area contributed by atoms with Gasteiger partial charge in [0.15, 0.2) is 0 Å². The van der Waals surface area contributed by atoms with Gasteiger partial charge < -0.3 is 10.6 Å². The fraction of sp³-hybridized carbons (Fsp3) is 0.571. The Morgan fingerprint density at radius 1 is 1.38 bits per heavy atom. The Balaban J connectivity index is 2.05. The summed E-state index contributed by atoms with van der Waals surface area (Å²) in [4.78, 5) is 2.43. The molecule has 16 heavy (non-hydrogen) atoms. The van der Waals surface area contributed by atoms with Crippen molar-refractivity contribution in [3.8, 4) is 0 Å².